The Morgan fingerprint density at radius 3 is 3.00 bits per heavy atom. The average Bonchev–Trinajstić information content (AvgIpc) is 2.90. The van der Waals surface area contributed by atoms with Gasteiger partial charge in [-0.3, -0.25) is 9.48 Å². The van der Waals surface area contributed by atoms with E-state index < -0.39 is 0 Å². The molecule has 0 spiro atoms. The van der Waals surface area contributed by atoms with Gasteiger partial charge in [-0.1, -0.05) is 24.3 Å². The van der Waals surface area contributed by atoms with E-state index in [1.165, 1.54) is 11.1 Å². The first-order chi connectivity index (χ1) is 11.6. The van der Waals surface area contributed by atoms with Crippen LogP contribution in [0.1, 0.15) is 41.5 Å². The minimum absolute atomic E-state index is 0.0325. The van der Waals surface area contributed by atoms with Gasteiger partial charge in [-0.2, -0.15) is 5.10 Å². The van der Waals surface area contributed by atoms with Crippen LogP contribution >= 0.6 is 0 Å². The quantitative estimate of drug-likeness (QED) is 0.887. The molecule has 5 heteroatoms. The Morgan fingerprint density at radius 2 is 2.21 bits per heavy atom. The van der Waals surface area contributed by atoms with E-state index >= 15 is 0 Å². The second-order valence-electron chi connectivity index (χ2n) is 6.37. The lowest BCUT2D eigenvalue weighted by molar-refractivity contribution is -0.122. The van der Waals surface area contributed by atoms with Crippen molar-refractivity contribution in [3.63, 3.8) is 0 Å². The van der Waals surface area contributed by atoms with Crippen molar-refractivity contribution in [1.29, 1.82) is 0 Å². The standard InChI is InChI=1S/C19H25N3O2/c1-14-12-15(2)22(21-14)10-5-8-19(23)20-13-18-17-7-4-3-6-16(17)9-11-24-18/h3-4,6-7,12,18H,5,8-11,13H2,1-2H3,(H,20,23). The summed E-state index contributed by atoms with van der Waals surface area (Å²) >= 11 is 0. The zero-order valence-corrected chi connectivity index (χ0v) is 14.4. The van der Waals surface area contributed by atoms with Crippen LogP contribution in [-0.2, 0) is 22.5 Å². The number of hydrogen-bond donors (Lipinski definition) is 1. The average molecular weight is 327 g/mol. The van der Waals surface area contributed by atoms with Crippen molar-refractivity contribution >= 4 is 5.91 Å². The molecule has 2 aromatic rings. The van der Waals surface area contributed by atoms with E-state index in [4.69, 9.17) is 4.74 Å². The molecule has 0 bridgehead atoms. The van der Waals surface area contributed by atoms with Crippen LogP contribution in [0, 0.1) is 13.8 Å². The van der Waals surface area contributed by atoms with Gasteiger partial charge >= 0.3 is 0 Å². The number of hydrogen-bond acceptors (Lipinski definition) is 3. The van der Waals surface area contributed by atoms with Gasteiger partial charge in [0.05, 0.1) is 12.3 Å². The van der Waals surface area contributed by atoms with Crippen molar-refractivity contribution in [3.8, 4) is 0 Å². The van der Waals surface area contributed by atoms with E-state index in [9.17, 15) is 4.79 Å². The van der Waals surface area contributed by atoms with Crippen molar-refractivity contribution in [2.24, 2.45) is 0 Å². The van der Waals surface area contributed by atoms with Crippen LogP contribution in [0.15, 0.2) is 30.3 Å². The fraction of sp³-hybridized carbons (Fsp3) is 0.474. The predicted octanol–water partition coefficient (Wildman–Crippen LogP) is 2.71. The van der Waals surface area contributed by atoms with E-state index in [0.29, 0.717) is 13.0 Å². The number of aryl methyl sites for hydroxylation is 3. The van der Waals surface area contributed by atoms with Gasteiger partial charge in [-0.25, -0.2) is 0 Å². The Balaban J connectivity index is 1.44. The molecular formula is C19H25N3O2. The van der Waals surface area contributed by atoms with Crippen LogP contribution < -0.4 is 5.32 Å². The third-order valence-corrected chi connectivity index (χ3v) is 4.45. The summed E-state index contributed by atoms with van der Waals surface area (Å²) in [4.78, 5) is 12.1. The Labute approximate surface area is 143 Å². The third-order valence-electron chi connectivity index (χ3n) is 4.45. The van der Waals surface area contributed by atoms with E-state index in [-0.39, 0.29) is 12.0 Å². The molecule has 128 valence electrons. The number of aromatic nitrogens is 2. The molecular weight excluding hydrogens is 302 g/mol. The highest BCUT2D eigenvalue weighted by Gasteiger charge is 2.20. The number of fused-ring (bicyclic) bond motifs is 1. The van der Waals surface area contributed by atoms with Gasteiger partial charge in [-0.05, 0) is 43.9 Å². The summed E-state index contributed by atoms with van der Waals surface area (Å²) in [6.07, 6.45) is 2.21. The molecule has 3 rings (SSSR count). The summed E-state index contributed by atoms with van der Waals surface area (Å²) in [5.41, 5.74) is 4.68. The molecule has 1 aliphatic rings. The minimum atomic E-state index is -0.0325. The molecule has 1 N–H and O–H groups in total. The summed E-state index contributed by atoms with van der Waals surface area (Å²) in [7, 11) is 0. The normalized spacial score (nSPS) is 16.7. The summed E-state index contributed by atoms with van der Waals surface area (Å²) < 4.78 is 7.78. The number of nitrogens with one attached hydrogen (secondary N) is 1. The fourth-order valence-corrected chi connectivity index (χ4v) is 3.23. The number of amides is 1. The first kappa shape index (κ1) is 16.7. The first-order valence-electron chi connectivity index (χ1n) is 8.60. The van der Waals surface area contributed by atoms with Crippen LogP contribution in [0.25, 0.3) is 0 Å². The number of benzene rings is 1. The number of carbonyl (C=O) groups is 1. The van der Waals surface area contributed by atoms with Gasteiger partial charge in [0.15, 0.2) is 0 Å². The van der Waals surface area contributed by atoms with E-state index in [1.54, 1.807) is 0 Å². The van der Waals surface area contributed by atoms with Gasteiger partial charge < -0.3 is 10.1 Å². The molecule has 0 radical (unpaired) electrons. The Hall–Kier alpha value is -2.14. The second kappa shape index (κ2) is 7.62. The zero-order valence-electron chi connectivity index (χ0n) is 14.4. The van der Waals surface area contributed by atoms with Gasteiger partial charge in [0.1, 0.15) is 6.10 Å². The maximum atomic E-state index is 12.1. The van der Waals surface area contributed by atoms with Crippen molar-refractivity contribution in [1.82, 2.24) is 15.1 Å². The molecule has 1 aliphatic heterocycles. The number of rotatable bonds is 6. The molecule has 0 fully saturated rings. The molecule has 1 aromatic heterocycles. The summed E-state index contributed by atoms with van der Waals surface area (Å²) in [5, 5.41) is 7.42. The van der Waals surface area contributed by atoms with E-state index in [2.05, 4.69) is 34.7 Å². The fourth-order valence-electron chi connectivity index (χ4n) is 3.23. The Kier molecular flexibility index (Phi) is 5.30. The number of ether oxygens (including phenoxy) is 1. The largest absolute Gasteiger partial charge is 0.371 e. The SMILES string of the molecule is Cc1cc(C)n(CCCC(=O)NCC2OCCc3ccccc32)n1. The molecule has 0 saturated heterocycles. The highest BCUT2D eigenvalue weighted by Crippen LogP contribution is 2.26. The maximum Gasteiger partial charge on any atom is 0.220 e. The van der Waals surface area contributed by atoms with Gasteiger partial charge in [0.2, 0.25) is 5.91 Å². The van der Waals surface area contributed by atoms with Crippen LogP contribution in [0.3, 0.4) is 0 Å². The predicted molar refractivity (Wildman–Crippen MR) is 92.8 cm³/mol. The van der Waals surface area contributed by atoms with Crippen LogP contribution in [0.4, 0.5) is 0 Å². The van der Waals surface area contributed by atoms with Gasteiger partial charge in [0.25, 0.3) is 0 Å². The second-order valence-corrected chi connectivity index (χ2v) is 6.37. The topological polar surface area (TPSA) is 56.2 Å². The van der Waals surface area contributed by atoms with Gasteiger partial charge in [0, 0.05) is 25.2 Å². The van der Waals surface area contributed by atoms with Gasteiger partial charge in [-0.15, -0.1) is 0 Å². The van der Waals surface area contributed by atoms with Crippen molar-refractivity contribution in [2.75, 3.05) is 13.2 Å². The Morgan fingerprint density at radius 1 is 1.38 bits per heavy atom. The lowest BCUT2D eigenvalue weighted by Crippen LogP contribution is -2.31. The number of nitrogens with zero attached hydrogens (tertiary/aromatic N) is 2. The molecule has 1 amide bonds. The van der Waals surface area contributed by atoms with Crippen molar-refractivity contribution < 1.29 is 9.53 Å². The Bertz CT molecular complexity index is 708. The molecule has 1 atom stereocenters. The summed E-state index contributed by atoms with van der Waals surface area (Å²) in [6, 6.07) is 10.4. The lowest BCUT2D eigenvalue weighted by atomic mass is 9.97. The highest BCUT2D eigenvalue weighted by atomic mass is 16.5. The molecule has 24 heavy (non-hydrogen) atoms. The highest BCUT2D eigenvalue weighted by molar-refractivity contribution is 5.75. The minimum Gasteiger partial charge on any atom is -0.371 e. The molecule has 2 heterocycles. The van der Waals surface area contributed by atoms with Crippen molar-refractivity contribution in [2.45, 2.75) is 45.8 Å². The van der Waals surface area contributed by atoms with Crippen molar-refractivity contribution in [3.05, 3.63) is 52.8 Å². The summed E-state index contributed by atoms with van der Waals surface area (Å²) in [6.45, 7) is 6.05. The molecule has 1 aromatic carbocycles. The summed E-state index contributed by atoms with van der Waals surface area (Å²) in [5.74, 6) is 0.0724. The molecule has 1 unspecified atom stereocenters. The van der Waals surface area contributed by atoms with Crippen LogP contribution in [0.5, 0.6) is 0 Å². The smallest absolute Gasteiger partial charge is 0.220 e. The van der Waals surface area contributed by atoms with Crippen LogP contribution in [0.2, 0.25) is 0 Å². The molecule has 0 saturated carbocycles. The van der Waals surface area contributed by atoms with E-state index in [0.717, 1.165) is 37.4 Å². The molecule has 0 aliphatic carbocycles. The molecule has 5 nitrogen and oxygen atoms in total. The first-order valence-corrected chi connectivity index (χ1v) is 8.60. The van der Waals surface area contributed by atoms with E-state index in [1.807, 2.05) is 24.6 Å². The zero-order chi connectivity index (χ0) is 16.9. The number of carbonyl (C=O) groups excluding carboxylic acids is 1. The third kappa shape index (κ3) is 4.03. The maximum absolute atomic E-state index is 12.1. The lowest BCUT2D eigenvalue weighted by Gasteiger charge is -2.26. The monoisotopic (exact) mass is 327 g/mol. The van der Waals surface area contributed by atoms with Crippen LogP contribution in [-0.4, -0.2) is 28.8 Å².